The lowest BCUT2D eigenvalue weighted by Crippen LogP contribution is -1.84. The molecule has 0 aromatic carbocycles. The number of hydrogen-bond donors (Lipinski definition) is 1. The van der Waals surface area contributed by atoms with E-state index in [2.05, 4.69) is 19.6 Å². The quantitative estimate of drug-likeness (QED) is 0.421. The Bertz CT molecular complexity index is 280. The summed E-state index contributed by atoms with van der Waals surface area (Å²) in [4.78, 5) is 0. The smallest absolute Gasteiger partial charge is 0.157 e. The molecule has 0 aliphatic rings. The minimum Gasteiger partial charge on any atom is -0.455 e. The largest absolute Gasteiger partial charge is 0.455 e. The maximum atomic E-state index is 5.42. The van der Waals surface area contributed by atoms with Crippen LogP contribution in [0, 0.1) is 0 Å². The molecule has 0 saturated carbocycles. The lowest BCUT2D eigenvalue weighted by Gasteiger charge is -2.01. The third kappa shape index (κ3) is 7.54. The molecule has 0 bridgehead atoms. The number of rotatable bonds is 10. The molecular weight excluding hydrogens is 228 g/mol. The van der Waals surface area contributed by atoms with Gasteiger partial charge in [0, 0.05) is 6.42 Å². The van der Waals surface area contributed by atoms with Gasteiger partial charge in [-0.2, -0.15) is 0 Å². The van der Waals surface area contributed by atoms with E-state index in [1.165, 1.54) is 57.8 Å². The summed E-state index contributed by atoms with van der Waals surface area (Å²) in [5.74, 6) is 1.08. The van der Waals surface area contributed by atoms with Crippen molar-refractivity contribution < 1.29 is 4.42 Å². The fourth-order valence-electron chi connectivity index (χ4n) is 2.11. The molecule has 17 heavy (non-hydrogen) atoms. The molecule has 0 radical (unpaired) electrons. The van der Waals surface area contributed by atoms with Crippen LogP contribution in [0.4, 0.5) is 0 Å². The van der Waals surface area contributed by atoms with Crippen LogP contribution in [0.2, 0.25) is 0 Å². The van der Waals surface area contributed by atoms with Crippen molar-refractivity contribution in [1.29, 1.82) is 0 Å². The third-order valence-corrected chi connectivity index (χ3v) is 3.41. The summed E-state index contributed by atoms with van der Waals surface area (Å²) in [6.45, 7) is 2.27. The molecule has 1 nitrogen and oxygen atoms in total. The monoisotopic (exact) mass is 254 g/mol. The molecule has 0 aliphatic carbocycles. The van der Waals surface area contributed by atoms with Crippen LogP contribution in [0.15, 0.2) is 21.6 Å². The van der Waals surface area contributed by atoms with Gasteiger partial charge in [0.2, 0.25) is 0 Å². The first kappa shape index (κ1) is 14.7. The summed E-state index contributed by atoms with van der Waals surface area (Å²) in [6.07, 6.45) is 13.4. The fourth-order valence-corrected chi connectivity index (χ4v) is 2.30. The second-order valence-corrected chi connectivity index (χ2v) is 5.26. The highest BCUT2D eigenvalue weighted by molar-refractivity contribution is 7.80. The van der Waals surface area contributed by atoms with E-state index in [4.69, 9.17) is 4.42 Å². The van der Waals surface area contributed by atoms with Crippen molar-refractivity contribution >= 4 is 12.6 Å². The van der Waals surface area contributed by atoms with Crippen molar-refractivity contribution in [3.8, 4) is 0 Å². The van der Waals surface area contributed by atoms with E-state index >= 15 is 0 Å². The van der Waals surface area contributed by atoms with Crippen molar-refractivity contribution in [1.82, 2.24) is 0 Å². The second kappa shape index (κ2) is 9.64. The van der Waals surface area contributed by atoms with Crippen LogP contribution < -0.4 is 0 Å². The summed E-state index contributed by atoms with van der Waals surface area (Å²) >= 11 is 4.16. The van der Waals surface area contributed by atoms with Gasteiger partial charge in [-0.15, -0.1) is 12.6 Å². The molecule has 0 fully saturated rings. The number of aryl methyl sites for hydroxylation is 1. The van der Waals surface area contributed by atoms with E-state index in [0.717, 1.165) is 17.3 Å². The Balaban J connectivity index is 1.84. The molecular formula is C15H26OS. The maximum absolute atomic E-state index is 5.42. The van der Waals surface area contributed by atoms with E-state index in [0.29, 0.717) is 0 Å². The summed E-state index contributed by atoms with van der Waals surface area (Å²) in [5, 5.41) is 0.732. The zero-order valence-electron chi connectivity index (χ0n) is 11.1. The normalized spacial score (nSPS) is 10.9. The van der Waals surface area contributed by atoms with Gasteiger partial charge in [-0.25, -0.2) is 0 Å². The average molecular weight is 254 g/mol. The predicted molar refractivity (Wildman–Crippen MR) is 76.9 cm³/mol. The minimum absolute atomic E-state index is 0.732. The molecule has 98 valence electrons. The molecule has 0 unspecified atom stereocenters. The minimum atomic E-state index is 0.732. The molecule has 0 saturated heterocycles. The van der Waals surface area contributed by atoms with Gasteiger partial charge in [-0.3, -0.25) is 0 Å². The molecule has 0 N–H and O–H groups in total. The number of furan rings is 1. The Kier molecular flexibility index (Phi) is 8.33. The number of hydrogen-bond acceptors (Lipinski definition) is 2. The molecule has 1 rings (SSSR count). The molecule has 1 aromatic rings. The van der Waals surface area contributed by atoms with E-state index in [1.54, 1.807) is 0 Å². The van der Waals surface area contributed by atoms with Crippen molar-refractivity contribution in [3.05, 3.63) is 17.9 Å². The van der Waals surface area contributed by atoms with Gasteiger partial charge < -0.3 is 4.42 Å². The molecule has 1 aromatic heterocycles. The van der Waals surface area contributed by atoms with Crippen LogP contribution in [-0.2, 0) is 6.42 Å². The van der Waals surface area contributed by atoms with E-state index in [-0.39, 0.29) is 0 Å². The van der Waals surface area contributed by atoms with E-state index in [9.17, 15) is 0 Å². The SMILES string of the molecule is CCCCCCCCCCCc1ccc(S)o1. The summed E-state index contributed by atoms with van der Waals surface area (Å²) in [6, 6.07) is 3.96. The lowest BCUT2D eigenvalue weighted by atomic mass is 10.1. The molecule has 0 aliphatic heterocycles. The zero-order valence-corrected chi connectivity index (χ0v) is 12.0. The van der Waals surface area contributed by atoms with Crippen molar-refractivity contribution in [2.45, 2.75) is 76.2 Å². The zero-order chi connectivity index (χ0) is 12.3. The van der Waals surface area contributed by atoms with Crippen molar-refractivity contribution in [3.63, 3.8) is 0 Å². The summed E-state index contributed by atoms with van der Waals surface area (Å²) in [5.41, 5.74) is 0. The molecule has 0 amide bonds. The molecule has 0 atom stereocenters. The lowest BCUT2D eigenvalue weighted by molar-refractivity contribution is 0.424. The van der Waals surface area contributed by atoms with Crippen molar-refractivity contribution in [2.75, 3.05) is 0 Å². The van der Waals surface area contributed by atoms with Gasteiger partial charge in [0.15, 0.2) is 5.09 Å². The number of thiol groups is 1. The first-order valence-electron chi connectivity index (χ1n) is 7.10. The Morgan fingerprint density at radius 3 is 2.00 bits per heavy atom. The van der Waals surface area contributed by atoms with Gasteiger partial charge in [-0.1, -0.05) is 58.3 Å². The van der Waals surface area contributed by atoms with Crippen LogP contribution >= 0.6 is 12.6 Å². The number of unbranched alkanes of at least 4 members (excludes halogenated alkanes) is 8. The van der Waals surface area contributed by atoms with Gasteiger partial charge in [-0.05, 0) is 18.6 Å². The molecule has 1 heterocycles. The van der Waals surface area contributed by atoms with Crippen molar-refractivity contribution in [2.24, 2.45) is 0 Å². The fraction of sp³-hybridized carbons (Fsp3) is 0.733. The topological polar surface area (TPSA) is 13.1 Å². The third-order valence-electron chi connectivity index (χ3n) is 3.17. The first-order chi connectivity index (χ1) is 8.33. The van der Waals surface area contributed by atoms with E-state index in [1.807, 2.05) is 12.1 Å². The summed E-state index contributed by atoms with van der Waals surface area (Å²) in [7, 11) is 0. The van der Waals surface area contributed by atoms with Gasteiger partial charge in [0.25, 0.3) is 0 Å². The standard InChI is InChI=1S/C15H26OS/c1-2-3-4-5-6-7-8-9-10-11-14-12-13-15(17)16-14/h12-13,17H,2-11H2,1H3. The van der Waals surface area contributed by atoms with Gasteiger partial charge in [0.05, 0.1) is 0 Å². The predicted octanol–water partition coefficient (Wildman–Crippen LogP) is 5.64. The highest BCUT2D eigenvalue weighted by Gasteiger charge is 1.98. The Labute approximate surface area is 111 Å². The van der Waals surface area contributed by atoms with E-state index < -0.39 is 0 Å². The maximum Gasteiger partial charge on any atom is 0.157 e. The first-order valence-corrected chi connectivity index (χ1v) is 7.55. The Morgan fingerprint density at radius 2 is 1.47 bits per heavy atom. The highest BCUT2D eigenvalue weighted by atomic mass is 32.1. The Hall–Kier alpha value is -0.370. The average Bonchev–Trinajstić information content (AvgIpc) is 2.73. The molecule has 2 heteroatoms. The van der Waals surface area contributed by atoms with Gasteiger partial charge >= 0.3 is 0 Å². The van der Waals surface area contributed by atoms with Crippen LogP contribution in [0.25, 0.3) is 0 Å². The highest BCUT2D eigenvalue weighted by Crippen LogP contribution is 2.15. The van der Waals surface area contributed by atoms with Gasteiger partial charge in [0.1, 0.15) is 5.76 Å². The molecule has 0 spiro atoms. The van der Waals surface area contributed by atoms with Crippen LogP contribution in [0.1, 0.15) is 70.5 Å². The van der Waals surface area contributed by atoms with Crippen LogP contribution in [0.5, 0.6) is 0 Å². The van der Waals surface area contributed by atoms with Crippen LogP contribution in [0.3, 0.4) is 0 Å². The second-order valence-electron chi connectivity index (χ2n) is 4.82. The van der Waals surface area contributed by atoms with Crippen LogP contribution in [-0.4, -0.2) is 0 Å². The summed E-state index contributed by atoms with van der Waals surface area (Å²) < 4.78 is 5.42. The Morgan fingerprint density at radius 1 is 0.882 bits per heavy atom.